The van der Waals surface area contributed by atoms with Crippen molar-refractivity contribution in [2.45, 2.75) is 5.79 Å². The molecule has 1 radical (unpaired) electrons. The van der Waals surface area contributed by atoms with Gasteiger partial charge < -0.3 is 18.9 Å². The Morgan fingerprint density at radius 1 is 0.857 bits per heavy atom. The molecule has 21 heavy (non-hydrogen) atoms. The van der Waals surface area contributed by atoms with Crippen LogP contribution < -0.4 is 9.47 Å². The average molecular weight is 287 g/mol. The molecule has 0 amide bonds. The molecule has 0 bridgehead atoms. The van der Waals surface area contributed by atoms with Crippen molar-refractivity contribution in [3.05, 3.63) is 59.7 Å². The van der Waals surface area contributed by atoms with Crippen LogP contribution >= 0.6 is 0 Å². The molecule has 0 aliphatic carbocycles. The molecule has 0 atom stereocenters. The molecule has 0 spiro atoms. The smallest absolute Gasteiger partial charge is 0.225 e. The van der Waals surface area contributed by atoms with Gasteiger partial charge in [-0.05, 0) is 18.2 Å². The number of hydrogen-bond donors (Lipinski definition) is 0. The van der Waals surface area contributed by atoms with E-state index in [4.69, 9.17) is 18.9 Å². The molecule has 2 aromatic carbocycles. The van der Waals surface area contributed by atoms with E-state index in [1.807, 2.05) is 36.4 Å². The Bertz CT molecular complexity index is 577. The van der Waals surface area contributed by atoms with E-state index < -0.39 is 5.79 Å². The van der Waals surface area contributed by atoms with Crippen LogP contribution in [0.4, 0.5) is 0 Å². The van der Waals surface area contributed by atoms with E-state index >= 15 is 0 Å². The van der Waals surface area contributed by atoms with E-state index in [1.54, 1.807) is 34.5 Å². The molecule has 0 aliphatic rings. The summed E-state index contributed by atoms with van der Waals surface area (Å²) in [5, 5.41) is 0. The highest BCUT2D eigenvalue weighted by atomic mass is 16.7. The summed E-state index contributed by atoms with van der Waals surface area (Å²) in [6.45, 7) is 0. The van der Waals surface area contributed by atoms with Crippen molar-refractivity contribution in [3.63, 3.8) is 0 Å². The zero-order valence-electron chi connectivity index (χ0n) is 12.7. The van der Waals surface area contributed by atoms with Gasteiger partial charge in [0.1, 0.15) is 11.5 Å². The molecule has 0 N–H and O–H groups in total. The number of benzene rings is 2. The zero-order valence-corrected chi connectivity index (χ0v) is 12.7. The molecule has 4 nitrogen and oxygen atoms in total. The topological polar surface area (TPSA) is 36.9 Å². The second kappa shape index (κ2) is 6.61. The third-order valence-corrected chi connectivity index (χ3v) is 3.44. The molecule has 0 saturated carbocycles. The van der Waals surface area contributed by atoms with Gasteiger partial charge in [-0.3, -0.25) is 0 Å². The van der Waals surface area contributed by atoms with Crippen molar-refractivity contribution in [2.75, 3.05) is 28.4 Å². The van der Waals surface area contributed by atoms with Crippen LogP contribution in [0.1, 0.15) is 11.1 Å². The van der Waals surface area contributed by atoms with Gasteiger partial charge in [0.05, 0.1) is 19.8 Å². The Morgan fingerprint density at radius 3 is 2.05 bits per heavy atom. The Kier molecular flexibility index (Phi) is 4.83. The fraction of sp³-hybridized carbons (Fsp3) is 0.294. The van der Waals surface area contributed by atoms with Crippen molar-refractivity contribution >= 4 is 0 Å². The van der Waals surface area contributed by atoms with Crippen molar-refractivity contribution in [1.82, 2.24) is 0 Å². The SMILES string of the molecule is COc1ccc(C(OC)(OC)c2cc[c]cc2)c(OC)c1. The predicted molar refractivity (Wildman–Crippen MR) is 79.6 cm³/mol. The fourth-order valence-corrected chi connectivity index (χ4v) is 2.37. The van der Waals surface area contributed by atoms with Crippen LogP contribution in [0.2, 0.25) is 0 Å². The Hall–Kier alpha value is -2.04. The molecule has 0 saturated heterocycles. The second-order valence-electron chi connectivity index (χ2n) is 4.38. The first-order valence-corrected chi connectivity index (χ1v) is 6.51. The summed E-state index contributed by atoms with van der Waals surface area (Å²) in [6, 6.07) is 15.9. The number of rotatable bonds is 6. The van der Waals surface area contributed by atoms with E-state index in [0.29, 0.717) is 11.5 Å². The quantitative estimate of drug-likeness (QED) is 0.765. The first-order chi connectivity index (χ1) is 10.2. The van der Waals surface area contributed by atoms with Gasteiger partial charge in [-0.15, -0.1) is 0 Å². The Balaban J connectivity index is 2.63. The third kappa shape index (κ3) is 2.73. The zero-order chi connectivity index (χ0) is 15.3. The summed E-state index contributed by atoms with van der Waals surface area (Å²) in [4.78, 5) is 0. The lowest BCUT2D eigenvalue weighted by Crippen LogP contribution is -2.32. The normalized spacial score (nSPS) is 11.2. The number of ether oxygens (including phenoxy) is 4. The molecule has 4 heteroatoms. The molecule has 2 aromatic rings. The summed E-state index contributed by atoms with van der Waals surface area (Å²) >= 11 is 0. The molecule has 0 aliphatic heterocycles. The van der Waals surface area contributed by atoms with E-state index in [9.17, 15) is 0 Å². The standard InChI is InChI=1S/C17H19O4/c1-18-14-10-11-15(16(12-14)19-2)17(20-3,21-4)13-8-6-5-7-9-13/h6-12H,1-4H3. The molecule has 0 aromatic heterocycles. The lowest BCUT2D eigenvalue weighted by atomic mass is 9.96. The van der Waals surface area contributed by atoms with Gasteiger partial charge >= 0.3 is 0 Å². The molecular formula is C17H19O4. The van der Waals surface area contributed by atoms with Crippen LogP contribution in [0.15, 0.2) is 42.5 Å². The minimum absolute atomic E-state index is 0.630. The Labute approximate surface area is 125 Å². The van der Waals surface area contributed by atoms with Crippen LogP contribution in [0.25, 0.3) is 0 Å². The van der Waals surface area contributed by atoms with Crippen molar-refractivity contribution in [3.8, 4) is 11.5 Å². The van der Waals surface area contributed by atoms with Gasteiger partial charge in [-0.2, -0.15) is 0 Å². The van der Waals surface area contributed by atoms with E-state index in [0.717, 1.165) is 11.1 Å². The molecule has 0 unspecified atom stereocenters. The molecular weight excluding hydrogens is 268 g/mol. The molecule has 0 heterocycles. The first kappa shape index (κ1) is 15.4. The van der Waals surface area contributed by atoms with Gasteiger partial charge in [0.15, 0.2) is 0 Å². The maximum atomic E-state index is 5.72. The minimum atomic E-state index is -1.05. The lowest BCUT2D eigenvalue weighted by molar-refractivity contribution is -0.184. The average Bonchev–Trinajstić information content (AvgIpc) is 2.57. The maximum absolute atomic E-state index is 5.72. The summed E-state index contributed by atoms with van der Waals surface area (Å²) < 4.78 is 22.1. The maximum Gasteiger partial charge on any atom is 0.225 e. The van der Waals surface area contributed by atoms with Crippen molar-refractivity contribution in [2.24, 2.45) is 0 Å². The van der Waals surface area contributed by atoms with Gasteiger partial charge in [0.25, 0.3) is 0 Å². The van der Waals surface area contributed by atoms with E-state index in [1.165, 1.54) is 0 Å². The van der Waals surface area contributed by atoms with Crippen molar-refractivity contribution in [1.29, 1.82) is 0 Å². The second-order valence-corrected chi connectivity index (χ2v) is 4.38. The first-order valence-electron chi connectivity index (χ1n) is 6.51. The van der Waals surface area contributed by atoms with E-state index in [-0.39, 0.29) is 0 Å². The number of methoxy groups -OCH3 is 4. The van der Waals surface area contributed by atoms with Gasteiger partial charge in [0, 0.05) is 25.8 Å². The van der Waals surface area contributed by atoms with E-state index in [2.05, 4.69) is 6.07 Å². The van der Waals surface area contributed by atoms with Gasteiger partial charge in [-0.25, -0.2) is 0 Å². The fourth-order valence-electron chi connectivity index (χ4n) is 2.37. The van der Waals surface area contributed by atoms with Crippen LogP contribution in [0, 0.1) is 6.07 Å². The summed E-state index contributed by atoms with van der Waals surface area (Å²) in [5.74, 6) is 0.288. The van der Waals surface area contributed by atoms with Crippen LogP contribution in [0.3, 0.4) is 0 Å². The van der Waals surface area contributed by atoms with Crippen LogP contribution in [0.5, 0.6) is 11.5 Å². The third-order valence-electron chi connectivity index (χ3n) is 3.44. The predicted octanol–water partition coefficient (Wildman–Crippen LogP) is 3.00. The Morgan fingerprint density at radius 2 is 1.52 bits per heavy atom. The lowest BCUT2D eigenvalue weighted by Gasteiger charge is -2.33. The van der Waals surface area contributed by atoms with Crippen molar-refractivity contribution < 1.29 is 18.9 Å². The highest BCUT2D eigenvalue weighted by Gasteiger charge is 2.37. The summed E-state index contributed by atoms with van der Waals surface area (Å²) in [7, 11) is 6.42. The van der Waals surface area contributed by atoms with Gasteiger partial charge in [-0.1, -0.05) is 24.3 Å². The van der Waals surface area contributed by atoms with Gasteiger partial charge in [0.2, 0.25) is 5.79 Å². The highest BCUT2D eigenvalue weighted by molar-refractivity contribution is 5.47. The van der Waals surface area contributed by atoms with Crippen LogP contribution in [-0.2, 0) is 15.3 Å². The van der Waals surface area contributed by atoms with Crippen LogP contribution in [-0.4, -0.2) is 28.4 Å². The minimum Gasteiger partial charge on any atom is -0.497 e. The monoisotopic (exact) mass is 287 g/mol. The molecule has 2 rings (SSSR count). The largest absolute Gasteiger partial charge is 0.497 e. The summed E-state index contributed by atoms with van der Waals surface area (Å²) in [6.07, 6.45) is 0. The molecule has 0 fully saturated rings. The summed E-state index contributed by atoms with van der Waals surface area (Å²) in [5.41, 5.74) is 1.62. The highest BCUT2D eigenvalue weighted by Crippen LogP contribution is 2.40. The molecule has 111 valence electrons. The number of hydrogen-bond acceptors (Lipinski definition) is 4.